The molecule has 1 aromatic carbocycles. The lowest BCUT2D eigenvalue weighted by molar-refractivity contribution is -0.132. The van der Waals surface area contributed by atoms with E-state index in [4.69, 9.17) is 5.11 Å². The van der Waals surface area contributed by atoms with Crippen LogP contribution in [0.2, 0.25) is 0 Å². The van der Waals surface area contributed by atoms with Gasteiger partial charge in [0.15, 0.2) is 6.10 Å². The third kappa shape index (κ3) is 4.95. The first-order valence-corrected chi connectivity index (χ1v) is 7.74. The van der Waals surface area contributed by atoms with Gasteiger partial charge in [0.05, 0.1) is 6.04 Å². The third-order valence-corrected chi connectivity index (χ3v) is 3.97. The molecule has 3 amide bonds. The molecule has 5 N–H and O–H groups in total. The Morgan fingerprint density at radius 3 is 2.58 bits per heavy atom. The minimum atomic E-state index is -1.57. The Labute approximate surface area is 139 Å². The van der Waals surface area contributed by atoms with E-state index in [1.165, 1.54) is 0 Å². The molecule has 0 saturated carbocycles. The summed E-state index contributed by atoms with van der Waals surface area (Å²) in [7, 11) is 0. The molecule has 0 radical (unpaired) electrons. The lowest BCUT2D eigenvalue weighted by atomic mass is 9.94. The Morgan fingerprint density at radius 2 is 2.00 bits per heavy atom. The van der Waals surface area contributed by atoms with E-state index < -0.39 is 30.1 Å². The van der Waals surface area contributed by atoms with Gasteiger partial charge in [-0.2, -0.15) is 0 Å². The van der Waals surface area contributed by atoms with Crippen LogP contribution in [0.4, 0.5) is 4.79 Å². The molecule has 3 atom stereocenters. The van der Waals surface area contributed by atoms with Crippen molar-refractivity contribution in [2.24, 2.45) is 5.92 Å². The standard InChI is InChI=1S/C16H21N3O5/c20-13(15(22)18-9-10-4-2-1-3-5-10)12(19-16(23)24)8-11-6-7-17-14(11)21/h1-5,11-13,19-20H,6-9H2,(H,17,21)(H,18,22)(H,23,24)/t11?,12-,13?/m0/s1. The summed E-state index contributed by atoms with van der Waals surface area (Å²) >= 11 is 0. The van der Waals surface area contributed by atoms with Crippen molar-refractivity contribution >= 4 is 17.9 Å². The average Bonchev–Trinajstić information content (AvgIpc) is 2.97. The summed E-state index contributed by atoms with van der Waals surface area (Å²) < 4.78 is 0. The van der Waals surface area contributed by atoms with Gasteiger partial charge in [0.25, 0.3) is 5.91 Å². The number of hydrogen-bond donors (Lipinski definition) is 5. The largest absolute Gasteiger partial charge is 0.465 e. The van der Waals surface area contributed by atoms with E-state index in [0.717, 1.165) is 5.56 Å². The molecule has 0 aromatic heterocycles. The Morgan fingerprint density at radius 1 is 1.29 bits per heavy atom. The van der Waals surface area contributed by atoms with E-state index in [2.05, 4.69) is 16.0 Å². The minimum Gasteiger partial charge on any atom is -0.465 e. The van der Waals surface area contributed by atoms with Crippen LogP contribution in [0.15, 0.2) is 30.3 Å². The third-order valence-electron chi connectivity index (χ3n) is 3.97. The minimum absolute atomic E-state index is 0.0675. The van der Waals surface area contributed by atoms with Crippen molar-refractivity contribution in [1.29, 1.82) is 0 Å². The first kappa shape index (κ1) is 17.7. The molecule has 130 valence electrons. The molecule has 1 saturated heterocycles. The van der Waals surface area contributed by atoms with Gasteiger partial charge in [0, 0.05) is 19.0 Å². The second-order valence-corrected chi connectivity index (χ2v) is 5.72. The van der Waals surface area contributed by atoms with Gasteiger partial charge in [-0.05, 0) is 18.4 Å². The van der Waals surface area contributed by atoms with E-state index in [1.54, 1.807) is 0 Å². The lowest BCUT2D eigenvalue weighted by Crippen LogP contribution is -2.51. The van der Waals surface area contributed by atoms with Crippen molar-refractivity contribution in [3.05, 3.63) is 35.9 Å². The number of benzene rings is 1. The van der Waals surface area contributed by atoms with Gasteiger partial charge in [0.1, 0.15) is 0 Å². The van der Waals surface area contributed by atoms with Crippen molar-refractivity contribution < 1.29 is 24.6 Å². The van der Waals surface area contributed by atoms with E-state index in [-0.39, 0.29) is 18.9 Å². The molecule has 1 heterocycles. The maximum atomic E-state index is 12.1. The van der Waals surface area contributed by atoms with Crippen LogP contribution < -0.4 is 16.0 Å². The molecule has 2 unspecified atom stereocenters. The van der Waals surface area contributed by atoms with Crippen molar-refractivity contribution in [3.63, 3.8) is 0 Å². The van der Waals surface area contributed by atoms with Gasteiger partial charge in [-0.3, -0.25) is 9.59 Å². The fourth-order valence-electron chi connectivity index (χ4n) is 2.67. The number of nitrogens with one attached hydrogen (secondary N) is 3. The zero-order valence-corrected chi connectivity index (χ0v) is 13.1. The number of aliphatic hydroxyl groups excluding tert-OH is 1. The SMILES string of the molecule is O=C(O)N[C@@H](CC1CCNC1=O)C(O)C(=O)NCc1ccccc1. The smallest absolute Gasteiger partial charge is 0.404 e. The van der Waals surface area contributed by atoms with Crippen LogP contribution in [0, 0.1) is 5.92 Å². The molecule has 24 heavy (non-hydrogen) atoms. The Bertz CT molecular complexity index is 593. The highest BCUT2D eigenvalue weighted by molar-refractivity contribution is 5.83. The number of carbonyl (C=O) groups excluding carboxylic acids is 2. The molecule has 2 rings (SSSR count). The zero-order valence-electron chi connectivity index (χ0n) is 13.1. The highest BCUT2D eigenvalue weighted by Crippen LogP contribution is 2.18. The average molecular weight is 335 g/mol. The maximum absolute atomic E-state index is 12.1. The van der Waals surface area contributed by atoms with Gasteiger partial charge >= 0.3 is 6.09 Å². The number of carboxylic acid groups (broad SMARTS) is 1. The quantitative estimate of drug-likeness (QED) is 0.472. The number of aliphatic hydroxyl groups is 1. The second kappa shape index (κ2) is 8.30. The van der Waals surface area contributed by atoms with Gasteiger partial charge in [-0.25, -0.2) is 4.79 Å². The Balaban J connectivity index is 1.94. The van der Waals surface area contributed by atoms with Gasteiger partial charge < -0.3 is 26.2 Å². The summed E-state index contributed by atoms with van der Waals surface area (Å²) in [5.74, 6) is -1.29. The fourth-order valence-corrected chi connectivity index (χ4v) is 2.67. The molecular weight excluding hydrogens is 314 g/mol. The van der Waals surface area contributed by atoms with Gasteiger partial charge in [-0.1, -0.05) is 30.3 Å². The van der Waals surface area contributed by atoms with Crippen LogP contribution in [0.3, 0.4) is 0 Å². The molecule has 0 bridgehead atoms. The lowest BCUT2D eigenvalue weighted by Gasteiger charge is -2.24. The summed E-state index contributed by atoms with van der Waals surface area (Å²) in [6, 6.07) is 8.09. The van der Waals surface area contributed by atoms with Crippen molar-refractivity contribution in [1.82, 2.24) is 16.0 Å². The summed E-state index contributed by atoms with van der Waals surface area (Å²) in [4.78, 5) is 34.6. The molecule has 1 aliphatic rings. The van der Waals surface area contributed by atoms with Gasteiger partial charge in [0.2, 0.25) is 5.91 Å². The summed E-state index contributed by atoms with van der Waals surface area (Å²) in [5.41, 5.74) is 0.857. The second-order valence-electron chi connectivity index (χ2n) is 5.72. The predicted octanol–water partition coefficient (Wildman–Crippen LogP) is -0.174. The number of hydrogen-bond acceptors (Lipinski definition) is 4. The first-order chi connectivity index (χ1) is 11.5. The molecule has 0 aliphatic carbocycles. The molecule has 1 aliphatic heterocycles. The van der Waals surface area contributed by atoms with Crippen molar-refractivity contribution in [3.8, 4) is 0 Å². The zero-order chi connectivity index (χ0) is 17.5. The molecule has 8 nitrogen and oxygen atoms in total. The molecular formula is C16H21N3O5. The summed E-state index contributed by atoms with van der Waals surface area (Å²) in [5, 5.41) is 26.4. The van der Waals surface area contributed by atoms with Crippen LogP contribution >= 0.6 is 0 Å². The van der Waals surface area contributed by atoms with Crippen molar-refractivity contribution in [2.45, 2.75) is 31.5 Å². The number of amides is 3. The monoisotopic (exact) mass is 335 g/mol. The topological polar surface area (TPSA) is 128 Å². The predicted molar refractivity (Wildman–Crippen MR) is 85.0 cm³/mol. The maximum Gasteiger partial charge on any atom is 0.404 e. The summed E-state index contributed by atoms with van der Waals surface area (Å²) in [6.07, 6.45) is -2.31. The Kier molecular flexibility index (Phi) is 6.14. The van der Waals surface area contributed by atoms with Crippen LogP contribution in [0.25, 0.3) is 0 Å². The van der Waals surface area contributed by atoms with E-state index in [9.17, 15) is 19.5 Å². The van der Waals surface area contributed by atoms with Crippen molar-refractivity contribution in [2.75, 3.05) is 6.54 Å². The molecule has 1 fully saturated rings. The molecule has 8 heteroatoms. The highest BCUT2D eigenvalue weighted by atomic mass is 16.4. The molecule has 1 aromatic rings. The molecule has 0 spiro atoms. The first-order valence-electron chi connectivity index (χ1n) is 7.74. The number of carbonyl (C=O) groups is 3. The highest BCUT2D eigenvalue weighted by Gasteiger charge is 2.34. The normalized spacial score (nSPS) is 19.2. The van der Waals surface area contributed by atoms with E-state index >= 15 is 0 Å². The van der Waals surface area contributed by atoms with Crippen LogP contribution in [-0.4, -0.2) is 46.8 Å². The van der Waals surface area contributed by atoms with Crippen LogP contribution in [0.1, 0.15) is 18.4 Å². The Hall–Kier alpha value is -2.61. The van der Waals surface area contributed by atoms with Crippen LogP contribution in [-0.2, 0) is 16.1 Å². The van der Waals surface area contributed by atoms with Gasteiger partial charge in [-0.15, -0.1) is 0 Å². The summed E-state index contributed by atoms with van der Waals surface area (Å²) in [6.45, 7) is 0.736. The van der Waals surface area contributed by atoms with Crippen LogP contribution in [0.5, 0.6) is 0 Å². The fraction of sp³-hybridized carbons (Fsp3) is 0.438. The van der Waals surface area contributed by atoms with E-state index in [1.807, 2.05) is 30.3 Å². The van der Waals surface area contributed by atoms with E-state index in [0.29, 0.717) is 13.0 Å². The number of rotatable bonds is 7.